The molecule has 0 aliphatic heterocycles. The van der Waals surface area contributed by atoms with Gasteiger partial charge in [-0.15, -0.1) is 0 Å². The van der Waals surface area contributed by atoms with Crippen LogP contribution >= 0.6 is 0 Å². The first-order valence-electron chi connectivity index (χ1n) is 7.36. The van der Waals surface area contributed by atoms with E-state index >= 15 is 0 Å². The van der Waals surface area contributed by atoms with Crippen molar-refractivity contribution < 1.29 is 19.1 Å². The number of aliphatic hydroxyl groups is 1. The minimum Gasteiger partial charge on any atom is -0.394 e. The van der Waals surface area contributed by atoms with Gasteiger partial charge in [0.05, 0.1) is 12.6 Å². The standard InChI is InChI=1S/C16H23FN2O3/c1-4-13(9-20)18-16(22)14(10(2)3)19-15(21)11-5-7-12(17)8-6-11/h5-8,10,13-14,20H,4,9H2,1-3H3,(H,18,22)(H,19,21). The van der Waals surface area contributed by atoms with Crippen LogP contribution in [0.2, 0.25) is 0 Å². The third-order valence-electron chi connectivity index (χ3n) is 3.40. The van der Waals surface area contributed by atoms with Crippen molar-refractivity contribution in [1.82, 2.24) is 10.6 Å². The second kappa shape index (κ2) is 8.48. The Hall–Kier alpha value is -1.95. The quantitative estimate of drug-likeness (QED) is 0.713. The number of hydrogen-bond donors (Lipinski definition) is 3. The van der Waals surface area contributed by atoms with E-state index < -0.39 is 17.8 Å². The highest BCUT2D eigenvalue weighted by Crippen LogP contribution is 2.07. The second-order valence-electron chi connectivity index (χ2n) is 5.50. The maximum Gasteiger partial charge on any atom is 0.251 e. The molecule has 1 aromatic carbocycles. The fraction of sp³-hybridized carbons (Fsp3) is 0.500. The molecular formula is C16H23FN2O3. The molecule has 0 radical (unpaired) electrons. The zero-order chi connectivity index (χ0) is 16.7. The van der Waals surface area contributed by atoms with Gasteiger partial charge in [-0.2, -0.15) is 0 Å². The minimum atomic E-state index is -0.724. The van der Waals surface area contributed by atoms with Gasteiger partial charge < -0.3 is 15.7 Å². The van der Waals surface area contributed by atoms with Crippen molar-refractivity contribution in [2.75, 3.05) is 6.61 Å². The highest BCUT2D eigenvalue weighted by Gasteiger charge is 2.26. The SMILES string of the molecule is CCC(CO)NC(=O)C(NC(=O)c1ccc(F)cc1)C(C)C. The first-order chi connectivity index (χ1) is 10.4. The van der Waals surface area contributed by atoms with E-state index in [9.17, 15) is 14.0 Å². The number of rotatable bonds is 7. The Morgan fingerprint density at radius 2 is 1.77 bits per heavy atom. The Morgan fingerprint density at radius 1 is 1.18 bits per heavy atom. The highest BCUT2D eigenvalue weighted by atomic mass is 19.1. The van der Waals surface area contributed by atoms with Crippen molar-refractivity contribution in [3.63, 3.8) is 0 Å². The van der Waals surface area contributed by atoms with Gasteiger partial charge in [0.15, 0.2) is 0 Å². The average molecular weight is 310 g/mol. The molecule has 0 bridgehead atoms. The molecule has 0 fully saturated rings. The van der Waals surface area contributed by atoms with Crippen LogP contribution in [0.3, 0.4) is 0 Å². The van der Waals surface area contributed by atoms with Crippen molar-refractivity contribution in [2.45, 2.75) is 39.3 Å². The van der Waals surface area contributed by atoms with Crippen molar-refractivity contribution in [3.05, 3.63) is 35.6 Å². The molecule has 2 atom stereocenters. The fourth-order valence-electron chi connectivity index (χ4n) is 1.93. The summed E-state index contributed by atoms with van der Waals surface area (Å²) in [5.74, 6) is -1.33. The summed E-state index contributed by atoms with van der Waals surface area (Å²) >= 11 is 0. The van der Waals surface area contributed by atoms with Crippen LogP contribution in [0.4, 0.5) is 4.39 Å². The second-order valence-corrected chi connectivity index (χ2v) is 5.50. The van der Waals surface area contributed by atoms with Crippen LogP contribution in [0.5, 0.6) is 0 Å². The predicted molar refractivity (Wildman–Crippen MR) is 81.8 cm³/mol. The number of nitrogens with one attached hydrogen (secondary N) is 2. The lowest BCUT2D eigenvalue weighted by molar-refractivity contribution is -0.125. The van der Waals surface area contributed by atoms with E-state index in [-0.39, 0.29) is 30.0 Å². The Morgan fingerprint density at radius 3 is 2.23 bits per heavy atom. The Bertz CT molecular complexity index is 499. The van der Waals surface area contributed by atoms with Crippen LogP contribution in [-0.4, -0.2) is 35.6 Å². The summed E-state index contributed by atoms with van der Waals surface area (Å²) < 4.78 is 12.9. The zero-order valence-electron chi connectivity index (χ0n) is 13.1. The molecule has 0 aromatic heterocycles. The van der Waals surface area contributed by atoms with Crippen molar-refractivity contribution in [3.8, 4) is 0 Å². The zero-order valence-corrected chi connectivity index (χ0v) is 13.1. The topological polar surface area (TPSA) is 78.4 Å². The summed E-state index contributed by atoms with van der Waals surface area (Å²) in [6.07, 6.45) is 0.596. The van der Waals surface area contributed by atoms with Gasteiger partial charge in [-0.25, -0.2) is 4.39 Å². The van der Waals surface area contributed by atoms with Gasteiger partial charge in [0.2, 0.25) is 5.91 Å². The number of halogens is 1. The van der Waals surface area contributed by atoms with Crippen LogP contribution in [0.25, 0.3) is 0 Å². The maximum atomic E-state index is 12.9. The molecule has 1 aromatic rings. The van der Waals surface area contributed by atoms with E-state index in [1.165, 1.54) is 24.3 Å². The van der Waals surface area contributed by atoms with E-state index in [2.05, 4.69) is 10.6 Å². The van der Waals surface area contributed by atoms with Gasteiger partial charge in [-0.3, -0.25) is 9.59 Å². The van der Waals surface area contributed by atoms with E-state index in [1.54, 1.807) is 0 Å². The lowest BCUT2D eigenvalue weighted by Gasteiger charge is -2.24. The van der Waals surface area contributed by atoms with Crippen molar-refractivity contribution in [1.29, 1.82) is 0 Å². The number of amides is 2. The molecule has 0 aliphatic rings. The van der Waals surface area contributed by atoms with Crippen LogP contribution in [0.15, 0.2) is 24.3 Å². The maximum absolute atomic E-state index is 12.9. The number of hydrogen-bond acceptors (Lipinski definition) is 3. The largest absolute Gasteiger partial charge is 0.394 e. The molecule has 0 spiro atoms. The van der Waals surface area contributed by atoms with Crippen LogP contribution < -0.4 is 10.6 Å². The van der Waals surface area contributed by atoms with Crippen molar-refractivity contribution >= 4 is 11.8 Å². The summed E-state index contributed by atoms with van der Waals surface area (Å²) in [6.45, 7) is 5.33. The van der Waals surface area contributed by atoms with E-state index in [4.69, 9.17) is 5.11 Å². The van der Waals surface area contributed by atoms with Gasteiger partial charge in [-0.05, 0) is 36.6 Å². The van der Waals surface area contributed by atoms with Gasteiger partial charge in [0.25, 0.3) is 5.91 Å². The first kappa shape index (κ1) is 18.1. The van der Waals surface area contributed by atoms with Crippen molar-refractivity contribution in [2.24, 2.45) is 5.92 Å². The van der Waals surface area contributed by atoms with E-state index in [1.807, 2.05) is 20.8 Å². The predicted octanol–water partition coefficient (Wildman–Crippen LogP) is 1.47. The van der Waals surface area contributed by atoms with E-state index in [0.717, 1.165) is 0 Å². The minimum absolute atomic E-state index is 0.124. The molecule has 0 heterocycles. The van der Waals surface area contributed by atoms with Gasteiger partial charge in [0.1, 0.15) is 11.9 Å². The number of carbonyl (C=O) groups is 2. The Kier molecular flexibility index (Phi) is 6.98. The summed E-state index contributed by atoms with van der Waals surface area (Å²) in [4.78, 5) is 24.4. The summed E-state index contributed by atoms with van der Waals surface area (Å²) in [6, 6.07) is 4.05. The molecule has 1 rings (SSSR count). The molecule has 122 valence electrons. The van der Waals surface area contributed by atoms with Crippen LogP contribution in [0.1, 0.15) is 37.6 Å². The summed E-state index contributed by atoms with van der Waals surface area (Å²) in [5.41, 5.74) is 0.286. The molecule has 5 nitrogen and oxygen atoms in total. The first-order valence-corrected chi connectivity index (χ1v) is 7.36. The summed E-state index contributed by atoms with van der Waals surface area (Å²) in [7, 11) is 0. The molecular weight excluding hydrogens is 287 g/mol. The Labute approximate surface area is 129 Å². The van der Waals surface area contributed by atoms with Gasteiger partial charge >= 0.3 is 0 Å². The van der Waals surface area contributed by atoms with E-state index in [0.29, 0.717) is 6.42 Å². The monoisotopic (exact) mass is 310 g/mol. The number of aliphatic hydroxyl groups excluding tert-OH is 1. The van der Waals surface area contributed by atoms with Crippen LogP contribution in [-0.2, 0) is 4.79 Å². The summed E-state index contributed by atoms with van der Waals surface area (Å²) in [5, 5.41) is 14.5. The molecule has 0 aliphatic carbocycles. The third kappa shape index (κ3) is 5.11. The molecule has 22 heavy (non-hydrogen) atoms. The fourth-order valence-corrected chi connectivity index (χ4v) is 1.93. The smallest absolute Gasteiger partial charge is 0.251 e. The van der Waals surface area contributed by atoms with Crippen LogP contribution in [0, 0.1) is 11.7 Å². The number of carbonyl (C=O) groups excluding carboxylic acids is 2. The molecule has 6 heteroatoms. The highest BCUT2D eigenvalue weighted by molar-refractivity contribution is 5.97. The lowest BCUT2D eigenvalue weighted by atomic mass is 10.0. The average Bonchev–Trinajstić information content (AvgIpc) is 2.50. The Balaban J connectivity index is 2.77. The number of benzene rings is 1. The molecule has 0 saturated carbocycles. The lowest BCUT2D eigenvalue weighted by Crippen LogP contribution is -2.52. The molecule has 0 saturated heterocycles. The van der Waals surface area contributed by atoms with Gasteiger partial charge in [0, 0.05) is 5.56 Å². The third-order valence-corrected chi connectivity index (χ3v) is 3.40. The normalized spacial score (nSPS) is 13.5. The van der Waals surface area contributed by atoms with Gasteiger partial charge in [-0.1, -0.05) is 20.8 Å². The molecule has 3 N–H and O–H groups in total. The molecule has 2 unspecified atom stereocenters. The molecule has 2 amide bonds.